The normalized spacial score (nSPS) is 10.2. The van der Waals surface area contributed by atoms with Crippen LogP contribution in [-0.4, -0.2) is 25.4 Å². The van der Waals surface area contributed by atoms with E-state index in [9.17, 15) is 9.90 Å². The van der Waals surface area contributed by atoms with Gasteiger partial charge in [0.25, 0.3) is 0 Å². The average Bonchev–Trinajstić information content (AvgIpc) is 2.61. The van der Waals surface area contributed by atoms with E-state index in [1.165, 1.54) is 0 Å². The fourth-order valence-electron chi connectivity index (χ4n) is 2.34. The molecule has 2 aromatic rings. The Labute approximate surface area is 141 Å². The van der Waals surface area contributed by atoms with E-state index >= 15 is 0 Å². The molecule has 6 nitrogen and oxygen atoms in total. The Morgan fingerprint density at radius 1 is 1.08 bits per heavy atom. The summed E-state index contributed by atoms with van der Waals surface area (Å²) in [5, 5.41) is 14.9. The van der Waals surface area contributed by atoms with Gasteiger partial charge in [0.05, 0.1) is 20.8 Å². The molecule has 0 unspecified atom stereocenters. The molecule has 3 N–H and O–H groups in total. The third kappa shape index (κ3) is 4.17. The van der Waals surface area contributed by atoms with Gasteiger partial charge >= 0.3 is 6.03 Å². The fourth-order valence-corrected chi connectivity index (χ4v) is 2.34. The van der Waals surface area contributed by atoms with E-state index in [1.807, 2.05) is 31.2 Å². The summed E-state index contributed by atoms with van der Waals surface area (Å²) in [5.41, 5.74) is 3.17. The Kier molecular flexibility index (Phi) is 6.03. The largest absolute Gasteiger partial charge is 0.493 e. The van der Waals surface area contributed by atoms with Crippen molar-refractivity contribution in [3.05, 3.63) is 53.1 Å². The molecular formula is C18H22N2O4. The standard InChI is InChI=1S/C18H22N2O4/c1-12-8-16(23-2)17(24-3)9-15(12)20-18(22)19-10-13-6-4-5-7-14(13)11-21/h4-9,21H,10-11H2,1-3H3,(H2,19,20,22). The van der Waals surface area contributed by atoms with Crippen molar-refractivity contribution in [1.29, 1.82) is 0 Å². The smallest absolute Gasteiger partial charge is 0.319 e. The van der Waals surface area contributed by atoms with E-state index in [1.54, 1.807) is 26.4 Å². The summed E-state index contributed by atoms with van der Waals surface area (Å²) in [6, 6.07) is 10.6. The number of carbonyl (C=O) groups is 1. The summed E-state index contributed by atoms with van der Waals surface area (Å²) in [4.78, 5) is 12.1. The van der Waals surface area contributed by atoms with Crippen LogP contribution < -0.4 is 20.1 Å². The van der Waals surface area contributed by atoms with Crippen LogP contribution in [0.15, 0.2) is 36.4 Å². The molecule has 2 aromatic carbocycles. The minimum Gasteiger partial charge on any atom is -0.493 e. The maximum atomic E-state index is 12.1. The van der Waals surface area contributed by atoms with Crippen molar-refractivity contribution in [2.75, 3.05) is 19.5 Å². The van der Waals surface area contributed by atoms with Gasteiger partial charge < -0.3 is 25.2 Å². The number of aliphatic hydroxyl groups excluding tert-OH is 1. The van der Waals surface area contributed by atoms with Crippen LogP contribution in [0.25, 0.3) is 0 Å². The van der Waals surface area contributed by atoms with Crippen molar-refractivity contribution in [3.63, 3.8) is 0 Å². The second-order valence-corrected chi connectivity index (χ2v) is 5.26. The van der Waals surface area contributed by atoms with Crippen LogP contribution in [0.3, 0.4) is 0 Å². The molecule has 0 aliphatic rings. The third-order valence-electron chi connectivity index (χ3n) is 3.71. The van der Waals surface area contributed by atoms with Crippen molar-refractivity contribution in [2.24, 2.45) is 0 Å². The van der Waals surface area contributed by atoms with Crippen LogP contribution >= 0.6 is 0 Å². The lowest BCUT2D eigenvalue weighted by molar-refractivity contribution is 0.251. The Morgan fingerprint density at radius 2 is 1.71 bits per heavy atom. The molecule has 2 amide bonds. The topological polar surface area (TPSA) is 79.8 Å². The van der Waals surface area contributed by atoms with Gasteiger partial charge in [-0.1, -0.05) is 24.3 Å². The highest BCUT2D eigenvalue weighted by Crippen LogP contribution is 2.32. The molecular weight excluding hydrogens is 308 g/mol. The minimum atomic E-state index is -0.335. The molecule has 0 aliphatic carbocycles. The Morgan fingerprint density at radius 3 is 2.33 bits per heavy atom. The van der Waals surface area contributed by atoms with Gasteiger partial charge in [-0.2, -0.15) is 0 Å². The third-order valence-corrected chi connectivity index (χ3v) is 3.71. The Bertz CT molecular complexity index is 716. The Hall–Kier alpha value is -2.73. The monoisotopic (exact) mass is 330 g/mol. The summed E-state index contributed by atoms with van der Waals surface area (Å²) >= 11 is 0. The number of benzene rings is 2. The summed E-state index contributed by atoms with van der Waals surface area (Å²) < 4.78 is 10.5. The number of aryl methyl sites for hydroxylation is 1. The first-order chi connectivity index (χ1) is 11.6. The zero-order chi connectivity index (χ0) is 17.5. The van der Waals surface area contributed by atoms with E-state index in [4.69, 9.17) is 9.47 Å². The van der Waals surface area contributed by atoms with Gasteiger partial charge in [-0.05, 0) is 29.7 Å². The molecule has 0 radical (unpaired) electrons. The zero-order valence-electron chi connectivity index (χ0n) is 14.1. The van der Waals surface area contributed by atoms with Crippen LogP contribution in [0.1, 0.15) is 16.7 Å². The predicted molar refractivity (Wildman–Crippen MR) is 92.5 cm³/mol. The van der Waals surface area contributed by atoms with Crippen molar-refractivity contribution >= 4 is 11.7 Å². The lowest BCUT2D eigenvalue weighted by Gasteiger charge is -2.14. The molecule has 0 saturated carbocycles. The number of carbonyl (C=O) groups excluding carboxylic acids is 1. The van der Waals surface area contributed by atoms with E-state index in [2.05, 4.69) is 10.6 Å². The molecule has 0 aliphatic heterocycles. The molecule has 0 bridgehead atoms. The van der Waals surface area contributed by atoms with Gasteiger partial charge in [0.15, 0.2) is 11.5 Å². The number of hydrogen-bond acceptors (Lipinski definition) is 4. The zero-order valence-corrected chi connectivity index (χ0v) is 14.1. The van der Waals surface area contributed by atoms with Crippen LogP contribution in [0.4, 0.5) is 10.5 Å². The first-order valence-corrected chi connectivity index (χ1v) is 7.54. The lowest BCUT2D eigenvalue weighted by atomic mass is 10.1. The van der Waals surface area contributed by atoms with Gasteiger partial charge in [-0.3, -0.25) is 0 Å². The minimum absolute atomic E-state index is 0.0613. The molecule has 2 rings (SSSR count). The van der Waals surface area contributed by atoms with Crippen molar-refractivity contribution < 1.29 is 19.4 Å². The van der Waals surface area contributed by atoms with Gasteiger partial charge in [-0.25, -0.2) is 4.79 Å². The average molecular weight is 330 g/mol. The van der Waals surface area contributed by atoms with E-state index in [0.29, 0.717) is 23.7 Å². The van der Waals surface area contributed by atoms with E-state index < -0.39 is 0 Å². The van der Waals surface area contributed by atoms with Crippen LogP contribution in [0.2, 0.25) is 0 Å². The highest BCUT2D eigenvalue weighted by atomic mass is 16.5. The van der Waals surface area contributed by atoms with Crippen LogP contribution in [-0.2, 0) is 13.2 Å². The molecule has 0 fully saturated rings. The first kappa shape index (κ1) is 17.6. The highest BCUT2D eigenvalue weighted by Gasteiger charge is 2.11. The molecule has 6 heteroatoms. The number of hydrogen-bond donors (Lipinski definition) is 3. The number of aliphatic hydroxyl groups is 1. The maximum Gasteiger partial charge on any atom is 0.319 e. The number of urea groups is 1. The number of ether oxygens (including phenoxy) is 2. The number of methoxy groups -OCH3 is 2. The van der Waals surface area contributed by atoms with Crippen molar-refractivity contribution in [3.8, 4) is 11.5 Å². The van der Waals surface area contributed by atoms with Gasteiger partial charge in [0.2, 0.25) is 0 Å². The first-order valence-electron chi connectivity index (χ1n) is 7.54. The number of amides is 2. The summed E-state index contributed by atoms with van der Waals surface area (Å²) in [7, 11) is 3.11. The molecule has 128 valence electrons. The molecule has 0 atom stereocenters. The van der Waals surface area contributed by atoms with Crippen LogP contribution in [0.5, 0.6) is 11.5 Å². The molecule has 24 heavy (non-hydrogen) atoms. The van der Waals surface area contributed by atoms with Crippen molar-refractivity contribution in [2.45, 2.75) is 20.1 Å². The summed E-state index contributed by atoms with van der Waals surface area (Å²) in [5.74, 6) is 1.15. The predicted octanol–water partition coefficient (Wildman–Crippen LogP) is 2.83. The fraction of sp³-hybridized carbons (Fsp3) is 0.278. The molecule has 0 saturated heterocycles. The number of anilines is 1. The lowest BCUT2D eigenvalue weighted by Crippen LogP contribution is -2.28. The maximum absolute atomic E-state index is 12.1. The van der Waals surface area contributed by atoms with Crippen LogP contribution in [0, 0.1) is 6.92 Å². The number of rotatable bonds is 6. The quantitative estimate of drug-likeness (QED) is 0.761. The summed E-state index contributed by atoms with van der Waals surface area (Å²) in [6.07, 6.45) is 0. The molecule has 0 heterocycles. The summed E-state index contributed by atoms with van der Waals surface area (Å²) in [6.45, 7) is 2.14. The van der Waals surface area contributed by atoms with Gasteiger partial charge in [-0.15, -0.1) is 0 Å². The molecule has 0 spiro atoms. The van der Waals surface area contributed by atoms with Gasteiger partial charge in [0.1, 0.15) is 0 Å². The SMILES string of the molecule is COc1cc(C)c(NC(=O)NCc2ccccc2CO)cc1OC. The number of nitrogens with one attached hydrogen (secondary N) is 2. The van der Waals surface area contributed by atoms with E-state index in [0.717, 1.165) is 16.7 Å². The van der Waals surface area contributed by atoms with E-state index in [-0.39, 0.29) is 12.6 Å². The highest BCUT2D eigenvalue weighted by molar-refractivity contribution is 5.90. The van der Waals surface area contributed by atoms with Crippen molar-refractivity contribution in [1.82, 2.24) is 5.32 Å². The Balaban J connectivity index is 2.04. The second kappa shape index (κ2) is 8.21. The molecule has 0 aromatic heterocycles. The second-order valence-electron chi connectivity index (χ2n) is 5.26. The van der Waals surface area contributed by atoms with Gasteiger partial charge in [0, 0.05) is 18.3 Å².